The van der Waals surface area contributed by atoms with Crippen molar-refractivity contribution in [2.45, 2.75) is 65.1 Å². The zero-order chi connectivity index (χ0) is 29.1. The van der Waals surface area contributed by atoms with E-state index in [0.29, 0.717) is 50.3 Å². The summed E-state index contributed by atoms with van der Waals surface area (Å²) in [6.45, 7) is 10.2. The number of hydrogen-bond acceptors (Lipinski definition) is 7. The number of carbonyl (C=O) groups excluding carboxylic acids is 3. The van der Waals surface area contributed by atoms with Gasteiger partial charge in [-0.2, -0.15) is 11.3 Å². The molecule has 220 valence electrons. The Kier molecular flexibility index (Phi) is 13.0. The van der Waals surface area contributed by atoms with Crippen molar-refractivity contribution >= 4 is 52.9 Å². The van der Waals surface area contributed by atoms with Crippen LogP contribution in [0.3, 0.4) is 0 Å². The fraction of sp³-hybridized carbons (Fsp3) is 0.571. The molecular formula is C28H39Cl2N5O4S. The third kappa shape index (κ3) is 9.61. The van der Waals surface area contributed by atoms with Crippen LogP contribution >= 0.6 is 34.5 Å². The quantitative estimate of drug-likeness (QED) is 0.174. The van der Waals surface area contributed by atoms with Crippen molar-refractivity contribution in [3.05, 3.63) is 49.9 Å². The Morgan fingerprint density at radius 1 is 1.25 bits per heavy atom. The number of nitrogens with zero attached hydrogens (tertiary/aromatic N) is 3. The van der Waals surface area contributed by atoms with E-state index >= 15 is 0 Å². The summed E-state index contributed by atoms with van der Waals surface area (Å²) in [6.07, 6.45) is 3.24. The van der Waals surface area contributed by atoms with Crippen LogP contribution in [-0.4, -0.2) is 78.1 Å². The van der Waals surface area contributed by atoms with Gasteiger partial charge in [0, 0.05) is 44.8 Å². The molecule has 2 aromatic rings. The van der Waals surface area contributed by atoms with E-state index < -0.39 is 0 Å². The van der Waals surface area contributed by atoms with Crippen LogP contribution in [0.2, 0.25) is 10.3 Å². The second-order valence-corrected chi connectivity index (χ2v) is 11.9. The number of aryl methyl sites for hydroxylation is 1. The summed E-state index contributed by atoms with van der Waals surface area (Å²) < 4.78 is 4.78. The van der Waals surface area contributed by atoms with Gasteiger partial charge in [-0.1, -0.05) is 30.1 Å². The largest absolute Gasteiger partial charge is 0.468 e. The molecule has 0 bridgehead atoms. The number of urea groups is 1. The summed E-state index contributed by atoms with van der Waals surface area (Å²) in [5, 5.41) is 10.5. The van der Waals surface area contributed by atoms with Gasteiger partial charge in [0.25, 0.3) is 12.4 Å². The Morgan fingerprint density at radius 3 is 2.65 bits per heavy atom. The van der Waals surface area contributed by atoms with Gasteiger partial charge >= 0.3 is 6.03 Å². The molecular weight excluding hydrogens is 573 g/mol. The number of aromatic nitrogens is 1. The van der Waals surface area contributed by atoms with E-state index in [4.69, 9.17) is 27.9 Å². The van der Waals surface area contributed by atoms with Gasteiger partial charge in [-0.3, -0.25) is 9.59 Å². The maximum atomic E-state index is 13.3. The molecule has 3 amide bonds. The number of ether oxygens (including phenoxy) is 1. The van der Waals surface area contributed by atoms with E-state index in [9.17, 15) is 14.4 Å². The van der Waals surface area contributed by atoms with Crippen molar-refractivity contribution in [3.63, 3.8) is 0 Å². The van der Waals surface area contributed by atoms with Crippen molar-refractivity contribution in [2.24, 2.45) is 5.92 Å². The van der Waals surface area contributed by atoms with Gasteiger partial charge in [0.05, 0.1) is 12.2 Å². The highest BCUT2D eigenvalue weighted by Gasteiger charge is 2.30. The first-order valence-electron chi connectivity index (χ1n) is 13.6. The van der Waals surface area contributed by atoms with Gasteiger partial charge in [-0.15, -0.1) is 0 Å². The molecule has 9 nitrogen and oxygen atoms in total. The number of rotatable bonds is 14. The van der Waals surface area contributed by atoms with E-state index in [1.165, 1.54) is 0 Å². The number of likely N-dealkylation sites (tertiary alicyclic amines) is 1. The molecule has 1 fully saturated rings. The van der Waals surface area contributed by atoms with Crippen LogP contribution in [0.5, 0.6) is 0 Å². The number of hydrogen-bond donors (Lipinski definition) is 2. The highest BCUT2D eigenvalue weighted by Crippen LogP contribution is 2.23. The van der Waals surface area contributed by atoms with Crippen molar-refractivity contribution in [1.82, 2.24) is 25.4 Å². The molecule has 12 heteroatoms. The Morgan fingerprint density at radius 2 is 2.00 bits per heavy atom. The minimum atomic E-state index is -0.252. The van der Waals surface area contributed by atoms with Gasteiger partial charge in [0.15, 0.2) is 0 Å². The first kappa shape index (κ1) is 32.1. The van der Waals surface area contributed by atoms with Crippen LogP contribution in [0.15, 0.2) is 22.9 Å². The standard InChI is InChI=1S/C28H39Cl2N5O4S/c1-19(7-12-39-18-36)15-32-28(38)35(16-22-8-13-40-17-22)23-5-10-34(11-6-23)21(3)4-9-31-27(37)25-20(2)14-24(29)33-26(25)30/h8,13-14,17-19,21,23H,4-7,9-12,15-16H2,1-3H3,(H,31,37)(H,32,38)/t19?,21-/m1/s1. The van der Waals surface area contributed by atoms with E-state index in [-0.39, 0.29) is 40.2 Å². The molecule has 1 aliphatic rings. The monoisotopic (exact) mass is 611 g/mol. The van der Waals surface area contributed by atoms with Crippen LogP contribution in [0.1, 0.15) is 61.0 Å². The van der Waals surface area contributed by atoms with E-state index in [0.717, 1.165) is 37.9 Å². The highest BCUT2D eigenvalue weighted by atomic mass is 35.5. The van der Waals surface area contributed by atoms with E-state index in [2.05, 4.69) is 38.9 Å². The van der Waals surface area contributed by atoms with E-state index in [1.54, 1.807) is 24.3 Å². The topological polar surface area (TPSA) is 104 Å². The number of nitrogens with one attached hydrogen (secondary N) is 2. The van der Waals surface area contributed by atoms with Crippen LogP contribution in [0.4, 0.5) is 4.79 Å². The maximum Gasteiger partial charge on any atom is 0.317 e. The number of halogens is 2. The zero-order valence-electron chi connectivity index (χ0n) is 23.3. The molecule has 3 rings (SSSR count). The molecule has 2 aromatic heterocycles. The molecule has 2 atom stereocenters. The normalized spacial score (nSPS) is 15.7. The molecule has 0 aromatic carbocycles. The lowest BCUT2D eigenvalue weighted by Gasteiger charge is -2.40. The summed E-state index contributed by atoms with van der Waals surface area (Å²) in [5.74, 6) is -0.0516. The van der Waals surface area contributed by atoms with E-state index in [1.807, 2.05) is 17.2 Å². The lowest BCUT2D eigenvalue weighted by Crippen LogP contribution is -2.52. The number of piperidine rings is 1. The van der Waals surface area contributed by atoms with Gasteiger partial charge < -0.3 is 25.2 Å². The maximum absolute atomic E-state index is 13.3. The third-order valence-corrected chi connectivity index (χ3v) is 8.57. The van der Waals surface area contributed by atoms with Crippen LogP contribution in [0.25, 0.3) is 0 Å². The average Bonchev–Trinajstić information content (AvgIpc) is 3.43. The molecule has 1 saturated heterocycles. The Bertz CT molecular complexity index is 1090. The fourth-order valence-corrected chi connectivity index (χ4v) is 6.18. The van der Waals surface area contributed by atoms with Crippen molar-refractivity contribution in [2.75, 3.05) is 32.8 Å². The summed E-state index contributed by atoms with van der Waals surface area (Å²) in [4.78, 5) is 44.7. The number of thiophene rings is 1. The van der Waals surface area contributed by atoms with Crippen LogP contribution in [0, 0.1) is 12.8 Å². The Labute approximate surface area is 250 Å². The molecule has 2 N–H and O–H groups in total. The predicted octanol–water partition coefficient (Wildman–Crippen LogP) is 5.14. The highest BCUT2D eigenvalue weighted by molar-refractivity contribution is 7.07. The smallest absolute Gasteiger partial charge is 0.317 e. The summed E-state index contributed by atoms with van der Waals surface area (Å²) in [6, 6.07) is 4.04. The average molecular weight is 613 g/mol. The third-order valence-electron chi connectivity index (χ3n) is 7.37. The molecule has 0 spiro atoms. The lowest BCUT2D eigenvalue weighted by atomic mass is 10.0. The summed E-state index contributed by atoms with van der Waals surface area (Å²) in [5.41, 5.74) is 2.17. The predicted molar refractivity (Wildman–Crippen MR) is 159 cm³/mol. The number of carbonyl (C=O) groups is 3. The van der Waals surface area contributed by atoms with Gasteiger partial charge in [0.2, 0.25) is 0 Å². The molecule has 40 heavy (non-hydrogen) atoms. The molecule has 0 saturated carbocycles. The first-order valence-corrected chi connectivity index (χ1v) is 15.3. The minimum absolute atomic E-state index is 0.0609. The van der Waals surface area contributed by atoms with Crippen molar-refractivity contribution in [3.8, 4) is 0 Å². The van der Waals surface area contributed by atoms with Gasteiger partial charge in [0.1, 0.15) is 10.3 Å². The second-order valence-electron chi connectivity index (χ2n) is 10.4. The molecule has 0 aliphatic carbocycles. The molecule has 1 aliphatic heterocycles. The number of amides is 3. The molecule has 1 unspecified atom stereocenters. The number of pyridine rings is 1. The fourth-order valence-electron chi connectivity index (χ4n) is 4.90. The lowest BCUT2D eigenvalue weighted by molar-refractivity contribution is -0.129. The van der Waals surface area contributed by atoms with Gasteiger partial charge in [-0.05, 0) is 79.5 Å². The molecule has 0 radical (unpaired) electrons. The Hall–Kier alpha value is -2.40. The SMILES string of the molecule is Cc1cc(Cl)nc(Cl)c1C(=O)NCC[C@@H](C)N1CCC(N(Cc2ccsc2)C(=O)NCC(C)CCOC=O)CC1. The van der Waals surface area contributed by atoms with Crippen LogP contribution < -0.4 is 10.6 Å². The minimum Gasteiger partial charge on any atom is -0.468 e. The first-order chi connectivity index (χ1) is 19.2. The second kappa shape index (κ2) is 16.1. The van der Waals surface area contributed by atoms with Crippen molar-refractivity contribution < 1.29 is 19.1 Å². The summed E-state index contributed by atoms with van der Waals surface area (Å²) in [7, 11) is 0. The molecule has 3 heterocycles. The van der Waals surface area contributed by atoms with Crippen molar-refractivity contribution in [1.29, 1.82) is 0 Å². The summed E-state index contributed by atoms with van der Waals surface area (Å²) >= 11 is 13.7. The van der Waals surface area contributed by atoms with Crippen LogP contribution in [-0.2, 0) is 16.1 Å². The zero-order valence-corrected chi connectivity index (χ0v) is 25.7. The van der Waals surface area contributed by atoms with Gasteiger partial charge in [-0.25, -0.2) is 9.78 Å². The Balaban J connectivity index is 1.48.